The maximum atomic E-state index is 12.3. The molecule has 0 aliphatic heterocycles. The van der Waals surface area contributed by atoms with Crippen molar-refractivity contribution in [3.05, 3.63) is 16.1 Å². The fourth-order valence-corrected chi connectivity index (χ4v) is 1.86. The average Bonchev–Trinajstić information content (AvgIpc) is 2.81. The maximum absolute atomic E-state index is 12.3. The number of rotatable bonds is 4. The third-order valence-electron chi connectivity index (χ3n) is 1.92. The van der Waals surface area contributed by atoms with E-state index in [0.29, 0.717) is 17.5 Å². The second-order valence-corrected chi connectivity index (χ2v) is 4.32. The van der Waals surface area contributed by atoms with Gasteiger partial charge in [0.1, 0.15) is 5.01 Å². The van der Waals surface area contributed by atoms with Crippen LogP contribution in [-0.2, 0) is 12.7 Å². The van der Waals surface area contributed by atoms with Gasteiger partial charge in [-0.05, 0) is 6.92 Å². The molecule has 20 heavy (non-hydrogen) atoms. The minimum Gasteiger partial charge on any atom is -0.357 e. The van der Waals surface area contributed by atoms with E-state index >= 15 is 0 Å². The van der Waals surface area contributed by atoms with Crippen LogP contribution in [-0.4, -0.2) is 24.0 Å². The van der Waals surface area contributed by atoms with E-state index in [2.05, 4.69) is 26.5 Å². The molecule has 4 nitrogen and oxygen atoms in total. The van der Waals surface area contributed by atoms with E-state index in [1.54, 1.807) is 0 Å². The molecule has 1 aromatic rings. The van der Waals surface area contributed by atoms with E-state index in [0.717, 1.165) is 16.7 Å². The molecule has 0 aliphatic rings. The highest BCUT2D eigenvalue weighted by molar-refractivity contribution is 14.0. The second kappa shape index (κ2) is 9.02. The SMILES string of the molecule is C#CCNC(=NCc1nc(C(F)(F)F)cs1)NCC.I. The van der Waals surface area contributed by atoms with Gasteiger partial charge in [0.25, 0.3) is 0 Å². The van der Waals surface area contributed by atoms with Gasteiger partial charge in [0.2, 0.25) is 0 Å². The number of nitrogens with zero attached hydrogens (tertiary/aromatic N) is 2. The van der Waals surface area contributed by atoms with Gasteiger partial charge in [-0.3, -0.25) is 0 Å². The zero-order valence-electron chi connectivity index (χ0n) is 10.6. The van der Waals surface area contributed by atoms with Gasteiger partial charge >= 0.3 is 6.18 Å². The number of terminal acetylenes is 1. The Balaban J connectivity index is 0.00000361. The number of guanidine groups is 1. The van der Waals surface area contributed by atoms with Gasteiger partial charge in [-0.1, -0.05) is 5.92 Å². The van der Waals surface area contributed by atoms with Crippen molar-refractivity contribution in [2.24, 2.45) is 4.99 Å². The fraction of sp³-hybridized carbons (Fsp3) is 0.455. The molecule has 0 unspecified atom stereocenters. The monoisotopic (exact) mass is 418 g/mol. The molecular formula is C11H14F3IN4S. The van der Waals surface area contributed by atoms with E-state index in [1.807, 2.05) is 6.92 Å². The van der Waals surface area contributed by atoms with Crippen LogP contribution >= 0.6 is 35.3 Å². The summed E-state index contributed by atoms with van der Waals surface area (Å²) in [4.78, 5) is 7.58. The van der Waals surface area contributed by atoms with E-state index in [-0.39, 0.29) is 37.1 Å². The summed E-state index contributed by atoms with van der Waals surface area (Å²) in [5.74, 6) is 2.83. The van der Waals surface area contributed by atoms with Crippen LogP contribution in [0, 0.1) is 12.3 Å². The Kier molecular flexibility index (Phi) is 8.56. The Bertz CT molecular complexity index is 479. The number of hydrogen-bond acceptors (Lipinski definition) is 3. The van der Waals surface area contributed by atoms with Crippen LogP contribution in [0.4, 0.5) is 13.2 Å². The van der Waals surface area contributed by atoms with E-state index < -0.39 is 11.9 Å². The largest absolute Gasteiger partial charge is 0.434 e. The summed E-state index contributed by atoms with van der Waals surface area (Å²) in [6, 6.07) is 0. The number of nitrogens with one attached hydrogen (secondary N) is 2. The molecule has 0 fully saturated rings. The lowest BCUT2D eigenvalue weighted by Crippen LogP contribution is -2.37. The highest BCUT2D eigenvalue weighted by Gasteiger charge is 2.33. The van der Waals surface area contributed by atoms with Gasteiger partial charge in [0.05, 0.1) is 13.1 Å². The Morgan fingerprint density at radius 3 is 2.70 bits per heavy atom. The molecule has 0 bridgehead atoms. The Hall–Kier alpha value is -1.02. The summed E-state index contributed by atoms with van der Waals surface area (Å²) in [7, 11) is 0. The lowest BCUT2D eigenvalue weighted by Gasteiger charge is -2.07. The van der Waals surface area contributed by atoms with E-state index in [9.17, 15) is 13.2 Å². The van der Waals surface area contributed by atoms with Crippen molar-refractivity contribution in [3.8, 4) is 12.3 Å². The van der Waals surface area contributed by atoms with Crippen molar-refractivity contribution in [3.63, 3.8) is 0 Å². The van der Waals surface area contributed by atoms with Crippen LogP contribution in [0.3, 0.4) is 0 Å². The third kappa shape index (κ3) is 6.42. The molecule has 0 saturated carbocycles. The van der Waals surface area contributed by atoms with Crippen molar-refractivity contribution in [2.45, 2.75) is 19.6 Å². The summed E-state index contributed by atoms with van der Waals surface area (Å²) >= 11 is 0.926. The number of halogens is 4. The molecule has 1 heterocycles. The van der Waals surface area contributed by atoms with Gasteiger partial charge in [-0.2, -0.15) is 13.2 Å². The predicted molar refractivity (Wildman–Crippen MR) is 84.2 cm³/mol. The summed E-state index contributed by atoms with van der Waals surface area (Å²) < 4.78 is 37.0. The Labute approximate surface area is 136 Å². The molecule has 0 saturated heterocycles. The minimum atomic E-state index is -4.41. The molecule has 0 aromatic carbocycles. The molecule has 0 radical (unpaired) electrons. The van der Waals surface area contributed by atoms with Crippen molar-refractivity contribution in [1.29, 1.82) is 0 Å². The van der Waals surface area contributed by atoms with Crippen LogP contribution in [0.1, 0.15) is 17.6 Å². The van der Waals surface area contributed by atoms with Crippen molar-refractivity contribution < 1.29 is 13.2 Å². The number of aromatic nitrogens is 1. The smallest absolute Gasteiger partial charge is 0.357 e. The van der Waals surface area contributed by atoms with Crippen LogP contribution in [0.2, 0.25) is 0 Å². The van der Waals surface area contributed by atoms with Crippen molar-refractivity contribution in [1.82, 2.24) is 15.6 Å². The standard InChI is InChI=1S/C11H13F3N4S.HI/c1-3-5-16-10(15-4-2)17-6-9-18-8(7-19-9)11(12,13)14;/h1,7H,4-6H2,2H3,(H2,15,16,17);1H. The molecule has 0 atom stereocenters. The van der Waals surface area contributed by atoms with Gasteiger partial charge in [-0.15, -0.1) is 41.7 Å². The summed E-state index contributed by atoms with van der Waals surface area (Å²) in [6.07, 6.45) is 0.689. The predicted octanol–water partition coefficient (Wildman–Crippen LogP) is 2.47. The van der Waals surface area contributed by atoms with Gasteiger partial charge in [0.15, 0.2) is 11.7 Å². The minimum absolute atomic E-state index is 0. The van der Waals surface area contributed by atoms with Crippen molar-refractivity contribution >= 4 is 41.3 Å². The first kappa shape index (κ1) is 19.0. The molecule has 0 spiro atoms. The van der Waals surface area contributed by atoms with Crippen molar-refractivity contribution in [2.75, 3.05) is 13.1 Å². The third-order valence-corrected chi connectivity index (χ3v) is 2.75. The zero-order chi connectivity index (χ0) is 14.3. The van der Waals surface area contributed by atoms with E-state index in [4.69, 9.17) is 6.42 Å². The zero-order valence-corrected chi connectivity index (χ0v) is 13.8. The first-order chi connectivity index (χ1) is 8.97. The second-order valence-electron chi connectivity index (χ2n) is 3.38. The maximum Gasteiger partial charge on any atom is 0.434 e. The number of aliphatic imine (C=N–C) groups is 1. The van der Waals surface area contributed by atoms with Crippen LogP contribution < -0.4 is 10.6 Å². The first-order valence-electron chi connectivity index (χ1n) is 5.44. The summed E-state index contributed by atoms with van der Waals surface area (Å²) in [5, 5.41) is 7.03. The quantitative estimate of drug-likeness (QED) is 0.342. The average molecular weight is 418 g/mol. The fourth-order valence-electron chi connectivity index (χ4n) is 1.14. The number of hydrogen-bond donors (Lipinski definition) is 2. The summed E-state index contributed by atoms with van der Waals surface area (Å²) in [5.41, 5.74) is -0.885. The van der Waals surface area contributed by atoms with Crippen LogP contribution in [0.5, 0.6) is 0 Å². The highest BCUT2D eigenvalue weighted by Crippen LogP contribution is 2.30. The topological polar surface area (TPSA) is 49.3 Å². The first-order valence-corrected chi connectivity index (χ1v) is 6.32. The molecule has 0 amide bonds. The Morgan fingerprint density at radius 1 is 1.50 bits per heavy atom. The highest BCUT2D eigenvalue weighted by atomic mass is 127. The molecule has 112 valence electrons. The molecule has 2 N–H and O–H groups in total. The number of alkyl halides is 3. The van der Waals surface area contributed by atoms with Gasteiger partial charge < -0.3 is 10.6 Å². The molecule has 9 heteroatoms. The summed E-state index contributed by atoms with van der Waals surface area (Å²) in [6.45, 7) is 2.86. The van der Waals surface area contributed by atoms with Gasteiger partial charge in [0, 0.05) is 11.9 Å². The normalized spacial score (nSPS) is 11.4. The Morgan fingerprint density at radius 2 is 2.20 bits per heavy atom. The molecule has 0 aliphatic carbocycles. The number of thiazole rings is 1. The molecule has 1 aromatic heterocycles. The lowest BCUT2D eigenvalue weighted by atomic mass is 10.5. The van der Waals surface area contributed by atoms with Gasteiger partial charge in [-0.25, -0.2) is 9.98 Å². The molecular weight excluding hydrogens is 404 g/mol. The van der Waals surface area contributed by atoms with E-state index in [1.165, 1.54) is 0 Å². The molecule has 1 rings (SSSR count). The van der Waals surface area contributed by atoms with Crippen LogP contribution in [0.25, 0.3) is 0 Å². The lowest BCUT2D eigenvalue weighted by molar-refractivity contribution is -0.140. The van der Waals surface area contributed by atoms with Crippen LogP contribution in [0.15, 0.2) is 10.4 Å².